The number of hydrogen-bond acceptors (Lipinski definition) is 5. The summed E-state index contributed by atoms with van der Waals surface area (Å²) in [6.07, 6.45) is 1.81. The zero-order valence-corrected chi connectivity index (χ0v) is 14.0. The molecule has 0 heterocycles. The van der Waals surface area contributed by atoms with Gasteiger partial charge in [0.25, 0.3) is 0 Å². The summed E-state index contributed by atoms with van der Waals surface area (Å²) in [5.41, 5.74) is -0.300. The molecule has 0 unspecified atom stereocenters. The van der Waals surface area contributed by atoms with Gasteiger partial charge in [-0.3, -0.25) is 4.72 Å². The Labute approximate surface area is 130 Å². The SMILES string of the molecule is CCCNCCNS(=O)(=O)c1ccc(NS(C)(=O)=O)c(F)c1. The first-order valence-corrected chi connectivity index (χ1v) is 10.0. The molecular weight excluding hydrogens is 333 g/mol. The minimum absolute atomic E-state index is 0.174. The summed E-state index contributed by atoms with van der Waals surface area (Å²) in [5.74, 6) is -0.961. The van der Waals surface area contributed by atoms with Crippen LogP contribution in [0.5, 0.6) is 0 Å². The highest BCUT2D eigenvalue weighted by atomic mass is 32.2. The van der Waals surface area contributed by atoms with Gasteiger partial charge in [-0.15, -0.1) is 0 Å². The summed E-state index contributed by atoms with van der Waals surface area (Å²) >= 11 is 0. The third kappa shape index (κ3) is 6.26. The van der Waals surface area contributed by atoms with E-state index < -0.39 is 25.9 Å². The second kappa shape index (κ2) is 7.86. The highest BCUT2D eigenvalue weighted by Crippen LogP contribution is 2.19. The second-order valence-corrected chi connectivity index (χ2v) is 8.18. The van der Waals surface area contributed by atoms with E-state index >= 15 is 0 Å². The van der Waals surface area contributed by atoms with Crippen molar-refractivity contribution in [1.82, 2.24) is 10.0 Å². The molecule has 0 saturated heterocycles. The largest absolute Gasteiger partial charge is 0.315 e. The van der Waals surface area contributed by atoms with Crippen molar-refractivity contribution in [1.29, 1.82) is 0 Å². The lowest BCUT2D eigenvalue weighted by molar-refractivity contribution is 0.572. The summed E-state index contributed by atoms with van der Waals surface area (Å²) in [7, 11) is -7.47. The molecule has 1 aromatic carbocycles. The maximum atomic E-state index is 13.8. The zero-order valence-electron chi connectivity index (χ0n) is 12.4. The first-order chi connectivity index (χ1) is 10.2. The van der Waals surface area contributed by atoms with Gasteiger partial charge in [0, 0.05) is 13.1 Å². The average Bonchev–Trinajstić information content (AvgIpc) is 2.39. The Kier molecular flexibility index (Phi) is 6.72. The molecule has 0 aliphatic heterocycles. The Bertz CT molecular complexity index is 705. The van der Waals surface area contributed by atoms with Crippen molar-refractivity contribution < 1.29 is 21.2 Å². The van der Waals surface area contributed by atoms with E-state index in [0.29, 0.717) is 6.54 Å². The molecule has 0 amide bonds. The van der Waals surface area contributed by atoms with Crippen molar-refractivity contribution >= 4 is 25.7 Å². The van der Waals surface area contributed by atoms with Gasteiger partial charge in [-0.05, 0) is 31.2 Å². The van der Waals surface area contributed by atoms with E-state index in [0.717, 1.165) is 37.4 Å². The molecule has 7 nitrogen and oxygen atoms in total. The summed E-state index contributed by atoms with van der Waals surface area (Å²) in [6.45, 7) is 3.41. The third-order valence-corrected chi connectivity index (χ3v) is 4.62. The van der Waals surface area contributed by atoms with Crippen LogP contribution in [-0.4, -0.2) is 42.7 Å². The van der Waals surface area contributed by atoms with E-state index in [1.165, 1.54) is 0 Å². The monoisotopic (exact) mass is 353 g/mol. The minimum atomic E-state index is -3.84. The van der Waals surface area contributed by atoms with Crippen LogP contribution in [0.3, 0.4) is 0 Å². The summed E-state index contributed by atoms with van der Waals surface area (Å²) in [5, 5.41) is 3.03. The molecular formula is C12H20FN3O4S2. The van der Waals surface area contributed by atoms with Crippen molar-refractivity contribution in [3.8, 4) is 0 Å². The van der Waals surface area contributed by atoms with Gasteiger partial charge in [-0.1, -0.05) is 6.92 Å². The molecule has 0 aliphatic carbocycles. The highest BCUT2D eigenvalue weighted by molar-refractivity contribution is 7.92. The van der Waals surface area contributed by atoms with Crippen molar-refractivity contribution in [2.45, 2.75) is 18.2 Å². The molecule has 0 radical (unpaired) electrons. The van der Waals surface area contributed by atoms with Crippen LogP contribution in [0.4, 0.5) is 10.1 Å². The number of anilines is 1. The van der Waals surface area contributed by atoms with E-state index in [9.17, 15) is 21.2 Å². The van der Waals surface area contributed by atoms with Crippen molar-refractivity contribution in [3.63, 3.8) is 0 Å². The Hall–Kier alpha value is -1.23. The van der Waals surface area contributed by atoms with Gasteiger partial charge < -0.3 is 5.32 Å². The van der Waals surface area contributed by atoms with Crippen LogP contribution in [0.1, 0.15) is 13.3 Å². The van der Waals surface area contributed by atoms with E-state index in [4.69, 9.17) is 0 Å². The van der Waals surface area contributed by atoms with Gasteiger partial charge in [0.05, 0.1) is 16.8 Å². The molecule has 1 aromatic rings. The summed E-state index contributed by atoms with van der Waals surface area (Å²) in [4.78, 5) is -0.264. The van der Waals surface area contributed by atoms with Gasteiger partial charge in [-0.2, -0.15) is 0 Å². The summed E-state index contributed by atoms with van der Waals surface area (Å²) in [6, 6.07) is 2.98. The quantitative estimate of drug-likeness (QED) is 0.560. The third-order valence-electron chi connectivity index (χ3n) is 2.57. The van der Waals surface area contributed by atoms with E-state index in [1.807, 2.05) is 11.6 Å². The molecule has 0 saturated carbocycles. The average molecular weight is 353 g/mol. The minimum Gasteiger partial charge on any atom is -0.315 e. The van der Waals surface area contributed by atoms with E-state index in [1.54, 1.807) is 0 Å². The van der Waals surface area contributed by atoms with Crippen molar-refractivity contribution in [2.75, 3.05) is 30.6 Å². The van der Waals surface area contributed by atoms with Gasteiger partial charge in [0.1, 0.15) is 5.82 Å². The van der Waals surface area contributed by atoms with Crippen LogP contribution in [0.15, 0.2) is 23.1 Å². The van der Waals surface area contributed by atoms with Gasteiger partial charge >= 0.3 is 0 Å². The topological polar surface area (TPSA) is 104 Å². The number of halogens is 1. The molecule has 0 spiro atoms. The zero-order chi connectivity index (χ0) is 16.8. The fourth-order valence-electron chi connectivity index (χ4n) is 1.60. The van der Waals surface area contributed by atoms with Crippen molar-refractivity contribution in [3.05, 3.63) is 24.0 Å². The first kappa shape index (κ1) is 18.8. The van der Waals surface area contributed by atoms with Gasteiger partial charge in [-0.25, -0.2) is 25.9 Å². The molecule has 0 bridgehead atoms. The molecule has 0 aromatic heterocycles. The molecule has 0 fully saturated rings. The van der Waals surface area contributed by atoms with Gasteiger partial charge in [0.2, 0.25) is 20.0 Å². The fraction of sp³-hybridized carbons (Fsp3) is 0.500. The lowest BCUT2D eigenvalue weighted by Crippen LogP contribution is -2.32. The number of benzene rings is 1. The number of sulfonamides is 2. The smallest absolute Gasteiger partial charge is 0.240 e. The van der Waals surface area contributed by atoms with Crippen LogP contribution < -0.4 is 14.8 Å². The molecule has 0 atom stereocenters. The predicted octanol–water partition coefficient (Wildman–Crippen LogP) is 0.475. The molecule has 10 heteroatoms. The maximum Gasteiger partial charge on any atom is 0.240 e. The van der Waals surface area contributed by atoms with Crippen LogP contribution >= 0.6 is 0 Å². The first-order valence-electron chi connectivity index (χ1n) is 6.63. The van der Waals surface area contributed by atoms with Crippen LogP contribution in [-0.2, 0) is 20.0 Å². The number of rotatable bonds is 9. The van der Waals surface area contributed by atoms with Crippen molar-refractivity contribution in [2.24, 2.45) is 0 Å². The van der Waals surface area contributed by atoms with Gasteiger partial charge in [0.15, 0.2) is 0 Å². The maximum absolute atomic E-state index is 13.8. The molecule has 126 valence electrons. The molecule has 1 rings (SSSR count). The lowest BCUT2D eigenvalue weighted by Gasteiger charge is -2.10. The van der Waals surface area contributed by atoms with Crippen LogP contribution in [0, 0.1) is 5.82 Å². The van der Waals surface area contributed by atoms with Crippen LogP contribution in [0.25, 0.3) is 0 Å². The molecule has 3 N–H and O–H groups in total. The Morgan fingerprint density at radius 2 is 1.77 bits per heavy atom. The van der Waals surface area contributed by atoms with E-state index in [-0.39, 0.29) is 17.1 Å². The Morgan fingerprint density at radius 3 is 2.32 bits per heavy atom. The van der Waals surface area contributed by atoms with E-state index in [2.05, 4.69) is 10.0 Å². The Morgan fingerprint density at radius 1 is 1.09 bits per heavy atom. The second-order valence-electron chi connectivity index (χ2n) is 4.66. The molecule has 0 aliphatic rings. The fourth-order valence-corrected chi connectivity index (χ4v) is 3.21. The predicted molar refractivity (Wildman–Crippen MR) is 83.2 cm³/mol. The summed E-state index contributed by atoms with van der Waals surface area (Å²) < 4.78 is 64.1. The lowest BCUT2D eigenvalue weighted by atomic mass is 10.3. The normalized spacial score (nSPS) is 12.3. The Balaban J connectivity index is 2.77. The number of hydrogen-bond donors (Lipinski definition) is 3. The van der Waals surface area contributed by atoms with Crippen LogP contribution in [0.2, 0.25) is 0 Å². The standard InChI is InChI=1S/C12H20FN3O4S2/c1-3-6-14-7-8-15-22(19,20)10-4-5-12(11(13)9-10)16-21(2,17)18/h4-5,9,14-16H,3,6-8H2,1-2H3. The highest BCUT2D eigenvalue weighted by Gasteiger charge is 2.16. The molecule has 22 heavy (non-hydrogen) atoms. The number of nitrogens with one attached hydrogen (secondary N) is 3.